The van der Waals surface area contributed by atoms with E-state index in [0.29, 0.717) is 38.7 Å². The Morgan fingerprint density at radius 1 is 1.17 bits per heavy atom. The van der Waals surface area contributed by atoms with Crippen LogP contribution in [0, 0.1) is 0 Å². The average molecular weight is 345 g/mol. The van der Waals surface area contributed by atoms with Crippen LogP contribution >= 0.6 is 11.6 Å². The lowest BCUT2D eigenvalue weighted by Gasteiger charge is -2.02. The van der Waals surface area contributed by atoms with Gasteiger partial charge in [0.05, 0.1) is 11.2 Å². The van der Waals surface area contributed by atoms with Crippen molar-refractivity contribution in [1.29, 1.82) is 0 Å². The SMILES string of the molecule is O=C(N/N=C/c1cc2c(cc1Cl)OCO2)c1ccc2nonc2c1. The van der Waals surface area contributed by atoms with Crippen LogP contribution in [-0.4, -0.2) is 29.2 Å². The number of rotatable bonds is 3. The number of aromatic nitrogens is 2. The van der Waals surface area contributed by atoms with Gasteiger partial charge < -0.3 is 9.47 Å². The Labute approximate surface area is 140 Å². The zero-order valence-electron chi connectivity index (χ0n) is 12.0. The molecule has 0 unspecified atom stereocenters. The van der Waals surface area contributed by atoms with Crippen molar-refractivity contribution < 1.29 is 18.9 Å². The maximum atomic E-state index is 12.1. The van der Waals surface area contributed by atoms with Crippen LogP contribution in [0.4, 0.5) is 0 Å². The van der Waals surface area contributed by atoms with Gasteiger partial charge in [0.1, 0.15) is 11.0 Å². The number of nitrogens with zero attached hydrogens (tertiary/aromatic N) is 3. The van der Waals surface area contributed by atoms with E-state index in [1.165, 1.54) is 6.21 Å². The topological polar surface area (TPSA) is 98.8 Å². The molecular formula is C15H9ClN4O4. The molecule has 120 valence electrons. The number of hydrogen-bond acceptors (Lipinski definition) is 7. The number of fused-ring (bicyclic) bond motifs is 2. The lowest BCUT2D eigenvalue weighted by atomic mass is 10.2. The van der Waals surface area contributed by atoms with Gasteiger partial charge in [0.25, 0.3) is 5.91 Å². The van der Waals surface area contributed by atoms with E-state index in [2.05, 4.69) is 25.5 Å². The first-order chi connectivity index (χ1) is 11.7. The predicted molar refractivity (Wildman–Crippen MR) is 84.4 cm³/mol. The molecule has 0 aliphatic carbocycles. The molecular weight excluding hydrogens is 336 g/mol. The van der Waals surface area contributed by atoms with E-state index in [1.54, 1.807) is 30.3 Å². The largest absolute Gasteiger partial charge is 0.454 e. The fourth-order valence-corrected chi connectivity index (χ4v) is 2.38. The molecule has 0 saturated heterocycles. The van der Waals surface area contributed by atoms with Gasteiger partial charge in [-0.25, -0.2) is 10.1 Å². The number of amides is 1. The van der Waals surface area contributed by atoms with Crippen molar-refractivity contribution in [2.24, 2.45) is 5.10 Å². The Morgan fingerprint density at radius 2 is 1.96 bits per heavy atom. The molecule has 0 radical (unpaired) electrons. The molecule has 0 spiro atoms. The molecule has 0 atom stereocenters. The van der Waals surface area contributed by atoms with Gasteiger partial charge in [0.2, 0.25) is 6.79 Å². The molecule has 1 aliphatic rings. The number of halogens is 1. The average Bonchev–Trinajstić information content (AvgIpc) is 3.22. The van der Waals surface area contributed by atoms with Crippen molar-refractivity contribution in [3.63, 3.8) is 0 Å². The van der Waals surface area contributed by atoms with Crippen LogP contribution in [0.5, 0.6) is 11.5 Å². The molecule has 2 heterocycles. The smallest absolute Gasteiger partial charge is 0.271 e. The highest BCUT2D eigenvalue weighted by Crippen LogP contribution is 2.36. The number of hydrogen-bond donors (Lipinski definition) is 1. The standard InChI is InChI=1S/C15H9ClN4O4/c16-10-5-14-13(22-7-23-14)4-9(10)6-17-18-15(21)8-1-2-11-12(3-8)20-24-19-11/h1-6H,7H2,(H,18,21)/b17-6+. The minimum atomic E-state index is -0.395. The molecule has 0 fully saturated rings. The van der Waals surface area contributed by atoms with Crippen molar-refractivity contribution in [2.75, 3.05) is 6.79 Å². The number of hydrazone groups is 1. The number of benzene rings is 2. The second kappa shape index (κ2) is 5.82. The molecule has 8 nitrogen and oxygen atoms in total. The quantitative estimate of drug-likeness (QED) is 0.578. The minimum absolute atomic E-state index is 0.155. The van der Waals surface area contributed by atoms with Crippen LogP contribution in [0.2, 0.25) is 5.02 Å². The molecule has 0 saturated carbocycles. The van der Waals surface area contributed by atoms with Crippen LogP contribution in [-0.2, 0) is 0 Å². The highest BCUT2D eigenvalue weighted by atomic mass is 35.5. The third-order valence-corrected chi connectivity index (χ3v) is 3.70. The molecule has 3 aromatic rings. The highest BCUT2D eigenvalue weighted by molar-refractivity contribution is 6.33. The van der Waals surface area contributed by atoms with E-state index in [4.69, 9.17) is 21.1 Å². The van der Waals surface area contributed by atoms with E-state index in [-0.39, 0.29) is 6.79 Å². The van der Waals surface area contributed by atoms with Gasteiger partial charge >= 0.3 is 0 Å². The normalized spacial score (nSPS) is 12.9. The Bertz CT molecular complexity index is 969. The summed E-state index contributed by atoms with van der Waals surface area (Å²) >= 11 is 6.13. The Balaban J connectivity index is 1.49. The van der Waals surface area contributed by atoms with Crippen molar-refractivity contribution in [1.82, 2.24) is 15.7 Å². The number of carbonyl (C=O) groups is 1. The summed E-state index contributed by atoms with van der Waals surface area (Å²) in [5.41, 5.74) is 4.46. The van der Waals surface area contributed by atoms with Crippen LogP contribution in [0.25, 0.3) is 11.0 Å². The fraction of sp³-hybridized carbons (Fsp3) is 0.0667. The fourth-order valence-electron chi connectivity index (χ4n) is 2.18. The monoisotopic (exact) mass is 344 g/mol. The van der Waals surface area contributed by atoms with Gasteiger partial charge in [-0.15, -0.1) is 0 Å². The molecule has 1 aliphatic heterocycles. The molecule has 9 heteroatoms. The van der Waals surface area contributed by atoms with Crippen LogP contribution in [0.15, 0.2) is 40.1 Å². The molecule has 1 N–H and O–H groups in total. The highest BCUT2D eigenvalue weighted by Gasteiger charge is 2.15. The first-order valence-electron chi connectivity index (χ1n) is 6.85. The lowest BCUT2D eigenvalue weighted by Crippen LogP contribution is -2.17. The van der Waals surface area contributed by atoms with Crippen LogP contribution < -0.4 is 14.9 Å². The summed E-state index contributed by atoms with van der Waals surface area (Å²) in [5, 5.41) is 11.7. The number of ether oxygens (including phenoxy) is 2. The van der Waals surface area contributed by atoms with Crippen molar-refractivity contribution >= 4 is 34.8 Å². The van der Waals surface area contributed by atoms with E-state index in [9.17, 15) is 4.79 Å². The molecule has 4 rings (SSSR count). The molecule has 1 amide bonds. The summed E-state index contributed by atoms with van der Waals surface area (Å²) in [5.74, 6) is 0.764. The third-order valence-electron chi connectivity index (χ3n) is 3.38. The van der Waals surface area contributed by atoms with Gasteiger partial charge in [-0.1, -0.05) is 11.6 Å². The zero-order valence-corrected chi connectivity index (χ0v) is 12.8. The van der Waals surface area contributed by atoms with Crippen LogP contribution in [0.1, 0.15) is 15.9 Å². The van der Waals surface area contributed by atoms with E-state index in [0.717, 1.165) is 0 Å². The van der Waals surface area contributed by atoms with Crippen molar-refractivity contribution in [2.45, 2.75) is 0 Å². The van der Waals surface area contributed by atoms with Gasteiger partial charge in [-0.2, -0.15) is 5.10 Å². The Morgan fingerprint density at radius 3 is 2.83 bits per heavy atom. The first kappa shape index (κ1) is 14.5. The van der Waals surface area contributed by atoms with Gasteiger partial charge in [-0.05, 0) is 34.6 Å². The van der Waals surface area contributed by atoms with Crippen LogP contribution in [0.3, 0.4) is 0 Å². The molecule has 0 bridgehead atoms. The zero-order chi connectivity index (χ0) is 16.5. The van der Waals surface area contributed by atoms with E-state index in [1.807, 2.05) is 0 Å². The summed E-state index contributed by atoms with van der Waals surface area (Å²) in [4.78, 5) is 12.1. The first-order valence-corrected chi connectivity index (χ1v) is 7.23. The summed E-state index contributed by atoms with van der Waals surface area (Å²) in [6.07, 6.45) is 1.43. The molecule has 2 aromatic carbocycles. The lowest BCUT2D eigenvalue weighted by molar-refractivity contribution is 0.0955. The van der Waals surface area contributed by atoms with E-state index < -0.39 is 5.91 Å². The van der Waals surface area contributed by atoms with E-state index >= 15 is 0 Å². The third kappa shape index (κ3) is 2.63. The van der Waals surface area contributed by atoms with Gasteiger partial charge in [0, 0.05) is 17.2 Å². The molecule has 24 heavy (non-hydrogen) atoms. The number of nitrogens with one attached hydrogen (secondary N) is 1. The maximum Gasteiger partial charge on any atom is 0.271 e. The maximum absolute atomic E-state index is 12.1. The second-order valence-corrected chi connectivity index (χ2v) is 5.30. The molecule has 1 aromatic heterocycles. The van der Waals surface area contributed by atoms with Crippen molar-refractivity contribution in [3.05, 3.63) is 46.5 Å². The predicted octanol–water partition coefficient (Wildman–Crippen LogP) is 2.37. The minimum Gasteiger partial charge on any atom is -0.454 e. The number of carbonyl (C=O) groups excluding carboxylic acids is 1. The summed E-state index contributed by atoms with van der Waals surface area (Å²) in [6, 6.07) is 8.13. The van der Waals surface area contributed by atoms with Crippen molar-refractivity contribution in [3.8, 4) is 11.5 Å². The van der Waals surface area contributed by atoms with Gasteiger partial charge in [0.15, 0.2) is 11.5 Å². The summed E-state index contributed by atoms with van der Waals surface area (Å²) in [6.45, 7) is 0.155. The summed E-state index contributed by atoms with van der Waals surface area (Å²) < 4.78 is 15.1. The Hall–Kier alpha value is -3.13. The second-order valence-electron chi connectivity index (χ2n) is 4.89. The Kier molecular flexibility index (Phi) is 3.51. The van der Waals surface area contributed by atoms with Gasteiger partial charge in [-0.3, -0.25) is 4.79 Å². The summed E-state index contributed by atoms with van der Waals surface area (Å²) in [7, 11) is 0.